The van der Waals surface area contributed by atoms with Crippen LogP contribution >= 0.6 is 0 Å². The molecule has 3 heterocycles. The van der Waals surface area contributed by atoms with Crippen molar-refractivity contribution in [2.75, 3.05) is 27.2 Å². The van der Waals surface area contributed by atoms with Crippen molar-refractivity contribution >= 4 is 11.6 Å². The topological polar surface area (TPSA) is 73.7 Å². The number of aryl methyl sites for hydroxylation is 1. The van der Waals surface area contributed by atoms with E-state index in [0.29, 0.717) is 35.4 Å². The molecular formula is C16H23N5O2. The van der Waals surface area contributed by atoms with Crippen molar-refractivity contribution in [3.8, 4) is 0 Å². The summed E-state index contributed by atoms with van der Waals surface area (Å²) in [4.78, 5) is 33.5. The molecule has 7 nitrogen and oxygen atoms in total. The number of nitrogens with one attached hydrogen (secondary N) is 1. The standard InChI is InChI=1S/C16H23N5O2/c1-10-8-20(9-13(10)19(3)4)15(22)7-12-11(2)18-14-5-6-17-21(14)16(12)23/h5-6,10,13,17H,7-9H2,1-4H3. The van der Waals surface area contributed by atoms with Crippen LogP contribution in [0.5, 0.6) is 0 Å². The molecule has 1 amide bonds. The van der Waals surface area contributed by atoms with Gasteiger partial charge in [0.25, 0.3) is 5.56 Å². The molecule has 1 fully saturated rings. The molecule has 3 rings (SSSR count). The van der Waals surface area contributed by atoms with E-state index in [4.69, 9.17) is 0 Å². The largest absolute Gasteiger partial charge is 0.340 e. The summed E-state index contributed by atoms with van der Waals surface area (Å²) in [5.41, 5.74) is 1.48. The van der Waals surface area contributed by atoms with Crippen LogP contribution < -0.4 is 5.56 Å². The fourth-order valence-corrected chi connectivity index (χ4v) is 3.40. The van der Waals surface area contributed by atoms with Crippen molar-refractivity contribution in [1.29, 1.82) is 0 Å². The highest BCUT2D eigenvalue weighted by Crippen LogP contribution is 2.20. The highest BCUT2D eigenvalue weighted by atomic mass is 16.2. The second-order valence-electron chi connectivity index (χ2n) is 6.62. The van der Waals surface area contributed by atoms with Gasteiger partial charge in [-0.3, -0.25) is 14.7 Å². The Morgan fingerprint density at radius 1 is 1.43 bits per heavy atom. The van der Waals surface area contributed by atoms with Crippen LogP contribution in [0.4, 0.5) is 0 Å². The zero-order valence-electron chi connectivity index (χ0n) is 14.0. The zero-order chi connectivity index (χ0) is 16.7. The molecule has 2 aromatic rings. The molecule has 0 saturated carbocycles. The molecule has 2 unspecified atom stereocenters. The molecule has 1 aliphatic rings. The van der Waals surface area contributed by atoms with Crippen LogP contribution in [0.25, 0.3) is 5.65 Å². The Balaban J connectivity index is 1.83. The first-order valence-electron chi connectivity index (χ1n) is 7.88. The molecule has 1 N–H and O–H groups in total. The molecule has 0 radical (unpaired) electrons. The van der Waals surface area contributed by atoms with Gasteiger partial charge < -0.3 is 9.80 Å². The molecule has 1 aliphatic heterocycles. The van der Waals surface area contributed by atoms with Crippen LogP contribution in [0.2, 0.25) is 0 Å². The number of carbonyl (C=O) groups excluding carboxylic acids is 1. The highest BCUT2D eigenvalue weighted by molar-refractivity contribution is 5.79. The lowest BCUT2D eigenvalue weighted by Crippen LogP contribution is -2.37. The first-order valence-corrected chi connectivity index (χ1v) is 7.88. The Hall–Kier alpha value is -2.15. The van der Waals surface area contributed by atoms with E-state index >= 15 is 0 Å². The summed E-state index contributed by atoms with van der Waals surface area (Å²) < 4.78 is 1.38. The van der Waals surface area contributed by atoms with Gasteiger partial charge in [0.05, 0.1) is 6.42 Å². The number of aromatic amines is 1. The van der Waals surface area contributed by atoms with Gasteiger partial charge in [0.2, 0.25) is 5.91 Å². The predicted molar refractivity (Wildman–Crippen MR) is 87.5 cm³/mol. The second-order valence-corrected chi connectivity index (χ2v) is 6.62. The van der Waals surface area contributed by atoms with Crippen molar-refractivity contribution in [1.82, 2.24) is 24.4 Å². The van der Waals surface area contributed by atoms with Crippen LogP contribution in [0.15, 0.2) is 17.1 Å². The van der Waals surface area contributed by atoms with E-state index in [1.165, 1.54) is 4.52 Å². The predicted octanol–water partition coefficient (Wildman–Crippen LogP) is 0.282. The van der Waals surface area contributed by atoms with Gasteiger partial charge in [-0.05, 0) is 26.9 Å². The zero-order valence-corrected chi connectivity index (χ0v) is 14.0. The van der Waals surface area contributed by atoms with E-state index < -0.39 is 0 Å². The lowest BCUT2D eigenvalue weighted by atomic mass is 10.1. The summed E-state index contributed by atoms with van der Waals surface area (Å²) in [5, 5.41) is 2.84. The minimum absolute atomic E-state index is 0.00490. The number of H-pyrrole nitrogens is 1. The maximum Gasteiger partial charge on any atom is 0.276 e. The van der Waals surface area contributed by atoms with E-state index in [-0.39, 0.29) is 17.9 Å². The minimum atomic E-state index is -0.192. The number of fused-ring (bicyclic) bond motifs is 1. The van der Waals surface area contributed by atoms with Gasteiger partial charge in [0.15, 0.2) is 5.65 Å². The van der Waals surface area contributed by atoms with Crippen molar-refractivity contribution in [3.63, 3.8) is 0 Å². The third-order valence-electron chi connectivity index (χ3n) is 4.76. The van der Waals surface area contributed by atoms with E-state index in [2.05, 4.69) is 21.9 Å². The number of aromatic nitrogens is 3. The maximum absolute atomic E-state index is 12.6. The van der Waals surface area contributed by atoms with Crippen molar-refractivity contribution in [2.45, 2.75) is 26.3 Å². The SMILES string of the molecule is Cc1nc2cc[nH]n2c(=O)c1CC(=O)N1CC(C)C(N(C)C)C1. The van der Waals surface area contributed by atoms with E-state index in [1.54, 1.807) is 19.2 Å². The van der Waals surface area contributed by atoms with Gasteiger partial charge in [-0.15, -0.1) is 0 Å². The molecule has 2 atom stereocenters. The molecule has 0 aromatic carbocycles. The van der Waals surface area contributed by atoms with E-state index in [9.17, 15) is 9.59 Å². The molecule has 0 spiro atoms. The number of hydrogen-bond acceptors (Lipinski definition) is 4. The minimum Gasteiger partial charge on any atom is -0.340 e. The molecule has 1 saturated heterocycles. The number of likely N-dealkylation sites (N-methyl/N-ethyl adjacent to an activating group) is 1. The first-order chi connectivity index (χ1) is 10.9. The van der Waals surface area contributed by atoms with Crippen molar-refractivity contribution in [3.05, 3.63) is 33.9 Å². The quantitative estimate of drug-likeness (QED) is 0.882. The summed E-state index contributed by atoms with van der Waals surface area (Å²) in [6, 6.07) is 2.11. The number of rotatable bonds is 3. The van der Waals surface area contributed by atoms with Gasteiger partial charge in [-0.1, -0.05) is 6.92 Å². The van der Waals surface area contributed by atoms with Crippen LogP contribution in [-0.4, -0.2) is 63.5 Å². The van der Waals surface area contributed by atoms with E-state index in [1.807, 2.05) is 19.0 Å². The number of carbonyl (C=O) groups is 1. The number of amides is 1. The molecule has 0 aliphatic carbocycles. The van der Waals surface area contributed by atoms with Crippen LogP contribution in [0.1, 0.15) is 18.2 Å². The fourth-order valence-electron chi connectivity index (χ4n) is 3.40. The molecule has 2 aromatic heterocycles. The Kier molecular flexibility index (Phi) is 3.97. The van der Waals surface area contributed by atoms with Gasteiger partial charge in [0, 0.05) is 42.7 Å². The summed E-state index contributed by atoms with van der Waals surface area (Å²) in [5.74, 6) is 0.426. The summed E-state index contributed by atoms with van der Waals surface area (Å²) in [6.45, 7) is 5.39. The van der Waals surface area contributed by atoms with Gasteiger partial charge in [-0.2, -0.15) is 0 Å². The summed E-state index contributed by atoms with van der Waals surface area (Å²) in [7, 11) is 4.07. The Labute approximate surface area is 134 Å². The van der Waals surface area contributed by atoms with Gasteiger partial charge in [0.1, 0.15) is 0 Å². The molecule has 124 valence electrons. The highest BCUT2D eigenvalue weighted by Gasteiger charge is 2.33. The molecular weight excluding hydrogens is 294 g/mol. The van der Waals surface area contributed by atoms with Crippen LogP contribution in [-0.2, 0) is 11.2 Å². The molecule has 7 heteroatoms. The second kappa shape index (κ2) is 5.81. The van der Waals surface area contributed by atoms with Gasteiger partial charge in [-0.25, -0.2) is 9.50 Å². The van der Waals surface area contributed by atoms with Crippen molar-refractivity contribution in [2.24, 2.45) is 5.92 Å². The lowest BCUT2D eigenvalue weighted by Gasteiger charge is -2.22. The molecule has 0 bridgehead atoms. The first kappa shape index (κ1) is 15.7. The Bertz CT molecular complexity index is 791. The third kappa shape index (κ3) is 2.76. The normalized spacial score (nSPS) is 21.5. The third-order valence-corrected chi connectivity index (χ3v) is 4.76. The number of nitrogens with zero attached hydrogens (tertiary/aromatic N) is 4. The average molecular weight is 317 g/mol. The summed E-state index contributed by atoms with van der Waals surface area (Å²) in [6.07, 6.45) is 1.77. The van der Waals surface area contributed by atoms with Crippen LogP contribution in [0.3, 0.4) is 0 Å². The monoisotopic (exact) mass is 317 g/mol. The maximum atomic E-state index is 12.6. The smallest absolute Gasteiger partial charge is 0.276 e. The Morgan fingerprint density at radius 3 is 2.83 bits per heavy atom. The van der Waals surface area contributed by atoms with E-state index in [0.717, 1.165) is 6.54 Å². The average Bonchev–Trinajstić information content (AvgIpc) is 3.09. The number of hydrogen-bond donors (Lipinski definition) is 1. The molecule has 23 heavy (non-hydrogen) atoms. The fraction of sp³-hybridized carbons (Fsp3) is 0.562. The number of likely N-dealkylation sites (tertiary alicyclic amines) is 1. The van der Waals surface area contributed by atoms with Crippen molar-refractivity contribution < 1.29 is 4.79 Å². The van der Waals surface area contributed by atoms with Gasteiger partial charge >= 0.3 is 0 Å². The Morgan fingerprint density at radius 2 is 2.17 bits per heavy atom. The van der Waals surface area contributed by atoms with Crippen LogP contribution in [0, 0.1) is 12.8 Å². The lowest BCUT2D eigenvalue weighted by molar-refractivity contribution is -0.129. The summed E-state index contributed by atoms with van der Waals surface area (Å²) >= 11 is 0.